The van der Waals surface area contributed by atoms with Crippen molar-refractivity contribution in [2.24, 2.45) is 11.8 Å². The van der Waals surface area contributed by atoms with E-state index >= 15 is 0 Å². The van der Waals surface area contributed by atoms with Crippen molar-refractivity contribution >= 4 is 5.69 Å². The van der Waals surface area contributed by atoms with Crippen LogP contribution in [-0.2, 0) is 0 Å². The molecule has 0 aromatic carbocycles. The summed E-state index contributed by atoms with van der Waals surface area (Å²) in [6, 6.07) is 3.72. The van der Waals surface area contributed by atoms with Crippen LogP contribution in [0.2, 0.25) is 0 Å². The van der Waals surface area contributed by atoms with Crippen LogP contribution in [0.15, 0.2) is 18.3 Å². The lowest BCUT2D eigenvalue weighted by atomic mass is 9.89. The molecule has 0 aliphatic rings. The lowest BCUT2D eigenvalue weighted by molar-refractivity contribution is 0.346. The lowest BCUT2D eigenvalue weighted by Gasteiger charge is -2.17. The van der Waals surface area contributed by atoms with Crippen molar-refractivity contribution in [1.29, 1.82) is 0 Å². The fourth-order valence-corrected chi connectivity index (χ4v) is 1.69. The summed E-state index contributed by atoms with van der Waals surface area (Å²) in [5.74, 6) is 1.86. The van der Waals surface area contributed by atoms with E-state index in [-0.39, 0.29) is 0 Å². The standard InChI is InChI=1S/C10H22.C6H8N2.C2H6/c1-5-7-8-10(4)9(3)6-2;1-5-2-3-6(7)4-8-5;1-2/h9-10H,5-8H2,1-4H3;2-4H,7H2,1H3;1-2H3/t9?,10-;;/m1../s1. The molecular formula is C18H36N2. The summed E-state index contributed by atoms with van der Waals surface area (Å²) in [6.45, 7) is 15.2. The fraction of sp³-hybridized carbons (Fsp3) is 0.722. The van der Waals surface area contributed by atoms with Crippen molar-refractivity contribution in [2.75, 3.05) is 5.73 Å². The van der Waals surface area contributed by atoms with E-state index in [9.17, 15) is 0 Å². The summed E-state index contributed by atoms with van der Waals surface area (Å²) in [4.78, 5) is 3.95. The maximum absolute atomic E-state index is 5.36. The number of nitrogens with two attached hydrogens (primary N) is 1. The van der Waals surface area contributed by atoms with Gasteiger partial charge in [0.05, 0.1) is 11.9 Å². The Morgan fingerprint density at radius 1 is 1.10 bits per heavy atom. The number of hydrogen-bond donors (Lipinski definition) is 1. The second-order valence-electron chi connectivity index (χ2n) is 5.24. The van der Waals surface area contributed by atoms with Gasteiger partial charge in [-0.3, -0.25) is 4.98 Å². The maximum Gasteiger partial charge on any atom is 0.0500 e. The van der Waals surface area contributed by atoms with E-state index in [4.69, 9.17) is 5.73 Å². The zero-order valence-electron chi connectivity index (χ0n) is 14.7. The molecule has 1 aromatic heterocycles. The van der Waals surface area contributed by atoms with Crippen LogP contribution in [0.4, 0.5) is 5.69 Å². The van der Waals surface area contributed by atoms with E-state index in [0.29, 0.717) is 0 Å². The molecule has 0 amide bonds. The van der Waals surface area contributed by atoms with Crippen LogP contribution >= 0.6 is 0 Å². The third kappa shape index (κ3) is 12.0. The molecule has 1 rings (SSSR count). The van der Waals surface area contributed by atoms with E-state index in [1.807, 2.05) is 32.9 Å². The highest BCUT2D eigenvalue weighted by Gasteiger charge is 2.08. The first-order chi connectivity index (χ1) is 9.51. The molecule has 2 N–H and O–H groups in total. The SMILES string of the molecule is CC.CCCC[C@@H](C)C(C)CC.Cc1ccc(N)cn1. The Morgan fingerprint density at radius 3 is 2.05 bits per heavy atom. The van der Waals surface area contributed by atoms with Crippen molar-refractivity contribution in [3.63, 3.8) is 0 Å². The average Bonchev–Trinajstić information content (AvgIpc) is 2.49. The molecular weight excluding hydrogens is 244 g/mol. The summed E-state index contributed by atoms with van der Waals surface area (Å²) in [5.41, 5.74) is 7.08. The van der Waals surface area contributed by atoms with Crippen LogP contribution < -0.4 is 5.73 Å². The van der Waals surface area contributed by atoms with Crippen molar-refractivity contribution in [3.05, 3.63) is 24.0 Å². The van der Waals surface area contributed by atoms with E-state index in [1.54, 1.807) is 6.20 Å². The predicted molar refractivity (Wildman–Crippen MR) is 92.9 cm³/mol. The molecule has 20 heavy (non-hydrogen) atoms. The molecule has 1 unspecified atom stereocenters. The molecule has 0 aliphatic carbocycles. The highest BCUT2D eigenvalue weighted by molar-refractivity contribution is 5.34. The number of anilines is 1. The van der Waals surface area contributed by atoms with Crippen molar-refractivity contribution in [1.82, 2.24) is 4.98 Å². The van der Waals surface area contributed by atoms with Gasteiger partial charge in [-0.1, -0.05) is 67.2 Å². The lowest BCUT2D eigenvalue weighted by Crippen LogP contribution is -2.06. The van der Waals surface area contributed by atoms with Crippen molar-refractivity contribution in [3.8, 4) is 0 Å². The largest absolute Gasteiger partial charge is 0.397 e. The fourth-order valence-electron chi connectivity index (χ4n) is 1.69. The topological polar surface area (TPSA) is 38.9 Å². The van der Waals surface area contributed by atoms with Gasteiger partial charge in [0.15, 0.2) is 0 Å². The molecule has 0 bridgehead atoms. The molecule has 0 radical (unpaired) electrons. The third-order valence-corrected chi connectivity index (χ3v) is 3.56. The highest BCUT2D eigenvalue weighted by atomic mass is 14.7. The van der Waals surface area contributed by atoms with E-state index in [0.717, 1.165) is 23.2 Å². The normalized spacial score (nSPS) is 12.3. The number of rotatable bonds is 5. The molecule has 1 heterocycles. The number of pyridine rings is 1. The summed E-state index contributed by atoms with van der Waals surface area (Å²) in [7, 11) is 0. The van der Waals surface area contributed by atoms with Gasteiger partial charge in [-0.2, -0.15) is 0 Å². The monoisotopic (exact) mass is 280 g/mol. The van der Waals surface area contributed by atoms with Crippen LogP contribution in [0, 0.1) is 18.8 Å². The second kappa shape index (κ2) is 14.4. The van der Waals surface area contributed by atoms with Gasteiger partial charge in [0.25, 0.3) is 0 Å². The Bertz CT molecular complexity index is 272. The van der Waals surface area contributed by atoms with Gasteiger partial charge >= 0.3 is 0 Å². The molecule has 0 saturated carbocycles. The van der Waals surface area contributed by atoms with Crippen molar-refractivity contribution < 1.29 is 0 Å². The smallest absolute Gasteiger partial charge is 0.0500 e. The Labute approximate surface area is 127 Å². The van der Waals surface area contributed by atoms with Gasteiger partial charge in [-0.25, -0.2) is 0 Å². The van der Waals surface area contributed by atoms with E-state index in [2.05, 4.69) is 32.7 Å². The minimum Gasteiger partial charge on any atom is -0.397 e. The molecule has 2 nitrogen and oxygen atoms in total. The quantitative estimate of drug-likeness (QED) is 0.734. The highest BCUT2D eigenvalue weighted by Crippen LogP contribution is 2.19. The van der Waals surface area contributed by atoms with Gasteiger partial charge in [0, 0.05) is 5.69 Å². The molecule has 0 spiro atoms. The van der Waals surface area contributed by atoms with E-state index in [1.165, 1.54) is 25.7 Å². The Kier molecular flexibility index (Phi) is 15.3. The predicted octanol–water partition coefficient (Wildman–Crippen LogP) is 5.86. The third-order valence-electron chi connectivity index (χ3n) is 3.56. The van der Waals surface area contributed by atoms with Crippen LogP contribution in [0.1, 0.15) is 72.9 Å². The van der Waals surface area contributed by atoms with Gasteiger partial charge in [-0.05, 0) is 30.9 Å². The zero-order chi connectivity index (χ0) is 16.0. The van der Waals surface area contributed by atoms with Crippen LogP contribution in [0.3, 0.4) is 0 Å². The first-order valence-corrected chi connectivity index (χ1v) is 8.19. The first-order valence-electron chi connectivity index (χ1n) is 8.19. The molecule has 0 fully saturated rings. The second-order valence-corrected chi connectivity index (χ2v) is 5.24. The Hall–Kier alpha value is -1.05. The van der Waals surface area contributed by atoms with Crippen LogP contribution in [0.5, 0.6) is 0 Å². The first kappa shape index (κ1) is 21.3. The van der Waals surface area contributed by atoms with Crippen LogP contribution in [-0.4, -0.2) is 4.98 Å². The van der Waals surface area contributed by atoms with Crippen LogP contribution in [0.25, 0.3) is 0 Å². The summed E-state index contributed by atoms with van der Waals surface area (Å²) < 4.78 is 0. The summed E-state index contributed by atoms with van der Waals surface area (Å²) in [5, 5.41) is 0. The number of hydrogen-bond acceptors (Lipinski definition) is 2. The van der Waals surface area contributed by atoms with Gasteiger partial charge in [0.2, 0.25) is 0 Å². The van der Waals surface area contributed by atoms with Gasteiger partial charge in [0.1, 0.15) is 0 Å². The van der Waals surface area contributed by atoms with Gasteiger partial charge < -0.3 is 5.73 Å². The molecule has 0 aliphatic heterocycles. The summed E-state index contributed by atoms with van der Waals surface area (Å²) >= 11 is 0. The maximum atomic E-state index is 5.36. The summed E-state index contributed by atoms with van der Waals surface area (Å²) in [6.07, 6.45) is 7.16. The van der Waals surface area contributed by atoms with Gasteiger partial charge in [-0.15, -0.1) is 0 Å². The number of unbranched alkanes of at least 4 members (excludes halogenated alkanes) is 1. The number of aryl methyl sites for hydroxylation is 1. The minimum atomic E-state index is 0.718. The number of nitrogens with zero attached hydrogens (tertiary/aromatic N) is 1. The molecule has 118 valence electrons. The Morgan fingerprint density at radius 2 is 1.70 bits per heavy atom. The Balaban J connectivity index is 0. The molecule has 0 saturated heterocycles. The zero-order valence-corrected chi connectivity index (χ0v) is 14.7. The molecule has 1 aromatic rings. The molecule has 2 atom stereocenters. The number of aromatic nitrogens is 1. The average molecular weight is 280 g/mol. The molecule has 2 heteroatoms. The number of nitrogen functional groups attached to an aromatic ring is 1. The minimum absolute atomic E-state index is 0.718. The van der Waals surface area contributed by atoms with E-state index < -0.39 is 0 Å². The van der Waals surface area contributed by atoms with Crippen molar-refractivity contribution in [2.45, 2.75) is 74.1 Å².